The largest absolute Gasteiger partial charge is 0.311 e. The molecule has 0 radical (unpaired) electrons. The van der Waals surface area contributed by atoms with Crippen LogP contribution in [0, 0.1) is 13.8 Å². The molecule has 0 amide bonds. The molecule has 61 heavy (non-hydrogen) atoms. The summed E-state index contributed by atoms with van der Waals surface area (Å²) in [4.78, 5) is 4.92. The van der Waals surface area contributed by atoms with Gasteiger partial charge in [0, 0.05) is 34.1 Å². The van der Waals surface area contributed by atoms with Crippen molar-refractivity contribution >= 4 is 51.5 Å². The summed E-state index contributed by atoms with van der Waals surface area (Å²) in [6.45, 7) is 4.81. The predicted octanol–water partition coefficient (Wildman–Crippen LogP) is 13.9. The van der Waals surface area contributed by atoms with E-state index in [4.69, 9.17) is 0 Å². The first-order valence-electron chi connectivity index (χ1n) is 22.7. The zero-order chi connectivity index (χ0) is 41.1. The summed E-state index contributed by atoms with van der Waals surface area (Å²) >= 11 is 0. The molecule has 0 heterocycles. The van der Waals surface area contributed by atoms with E-state index in [1.165, 1.54) is 122 Å². The monoisotopic (exact) mass is 790 g/mol. The molecule has 0 saturated heterocycles. The first-order valence-corrected chi connectivity index (χ1v) is 22.7. The summed E-state index contributed by atoms with van der Waals surface area (Å²) in [5.74, 6) is 1.06. The summed E-state index contributed by atoms with van der Waals surface area (Å²) in [5, 5.41) is 0. The Morgan fingerprint density at radius 3 is 1.34 bits per heavy atom. The van der Waals surface area contributed by atoms with Crippen LogP contribution in [0.5, 0.6) is 0 Å². The van der Waals surface area contributed by atoms with Gasteiger partial charge in [-0.25, -0.2) is 0 Å². The molecule has 0 bridgehead atoms. The van der Waals surface area contributed by atoms with Crippen molar-refractivity contribution in [2.75, 3.05) is 9.80 Å². The van der Waals surface area contributed by atoms with Crippen LogP contribution in [0.25, 0.3) is 11.1 Å². The van der Waals surface area contributed by atoms with Crippen molar-refractivity contribution in [1.82, 2.24) is 0 Å². The second-order valence-corrected chi connectivity index (χ2v) is 17.5. The maximum atomic E-state index is 2.58. The van der Waals surface area contributed by atoms with Gasteiger partial charge in [-0.05, 0) is 153 Å². The molecule has 3 heteroatoms. The number of anilines is 5. The third-order valence-corrected chi connectivity index (χ3v) is 13.6. The van der Waals surface area contributed by atoms with Crippen LogP contribution in [-0.4, -0.2) is 6.71 Å². The smallest absolute Gasteiger partial charge is 0.242 e. The first-order chi connectivity index (χ1) is 30.1. The van der Waals surface area contributed by atoms with E-state index in [-0.39, 0.29) is 6.71 Å². The summed E-state index contributed by atoms with van der Waals surface area (Å²) in [6.07, 6.45) is 16.7. The zero-order valence-corrected chi connectivity index (χ0v) is 35.7. The Kier molecular flexibility index (Phi) is 11.1. The van der Waals surface area contributed by atoms with Gasteiger partial charge >= 0.3 is 0 Å². The van der Waals surface area contributed by atoms with E-state index in [1.807, 2.05) is 0 Å². The average Bonchev–Trinajstić information content (AvgIpc) is 3.26. The van der Waals surface area contributed by atoms with Crippen molar-refractivity contribution in [1.29, 1.82) is 0 Å². The van der Waals surface area contributed by atoms with Gasteiger partial charge in [0.25, 0.3) is 0 Å². The van der Waals surface area contributed by atoms with Gasteiger partial charge in [0.05, 0.1) is 0 Å². The van der Waals surface area contributed by atoms with Gasteiger partial charge in [0.15, 0.2) is 0 Å². The van der Waals surface area contributed by atoms with Crippen LogP contribution >= 0.6 is 0 Å². The Morgan fingerprint density at radius 1 is 0.443 bits per heavy atom. The van der Waals surface area contributed by atoms with Gasteiger partial charge in [0.1, 0.15) is 0 Å². The highest BCUT2D eigenvalue weighted by Crippen LogP contribution is 2.42. The number of hydrogen-bond acceptors (Lipinski definition) is 2. The Hall–Kier alpha value is -6.32. The molecule has 0 atom stereocenters. The fraction of sp³-hybridized carbons (Fsp3) is 0.207. The van der Waals surface area contributed by atoms with Crippen LogP contribution in [0.1, 0.15) is 85.5 Å². The number of hydrogen-bond donors (Lipinski definition) is 0. The van der Waals surface area contributed by atoms with Gasteiger partial charge < -0.3 is 9.80 Å². The molecule has 0 N–H and O–H groups in total. The molecule has 10 rings (SSSR count). The van der Waals surface area contributed by atoms with Crippen LogP contribution < -0.4 is 26.2 Å². The molecule has 2 fully saturated rings. The van der Waals surface area contributed by atoms with Crippen LogP contribution in [0.15, 0.2) is 194 Å². The predicted molar refractivity (Wildman–Crippen MR) is 262 cm³/mol. The minimum absolute atomic E-state index is 0.0833. The van der Waals surface area contributed by atoms with Crippen LogP contribution in [0.4, 0.5) is 28.4 Å². The quantitative estimate of drug-likeness (QED) is 0.114. The molecule has 0 spiro atoms. The van der Waals surface area contributed by atoms with Crippen molar-refractivity contribution < 1.29 is 0 Å². The summed E-state index contributed by atoms with van der Waals surface area (Å²) in [5.41, 5.74) is 19.9. The molecule has 7 aromatic rings. The number of allylic oxidation sites excluding steroid dienone is 3. The molecule has 0 aromatic heterocycles. The molecule has 0 aliphatic heterocycles. The van der Waals surface area contributed by atoms with E-state index in [0.29, 0.717) is 11.8 Å². The lowest BCUT2D eigenvalue weighted by Gasteiger charge is -2.36. The minimum atomic E-state index is 0.0833. The van der Waals surface area contributed by atoms with E-state index < -0.39 is 0 Å². The lowest BCUT2D eigenvalue weighted by molar-refractivity contribution is 0.421. The average molecular weight is 791 g/mol. The molecular formula is C58H55BN2. The number of benzene rings is 7. The standard InChI is InChI=1S/C58H55BN2/c1-42-38-47(44-20-8-3-9-21-44)39-43(2)58(42)59(56-36-34-52(40-54(56)45-22-18-23-45)60(48-26-10-4-11-27-48)49-28-12-5-13-29-49)57-37-35-53(41-55(57)46-24-19-25-46)61(50-30-14-6-15-31-50)51-32-16-7-17-33-51/h3-6,8-16,20-21,26-41,45-46H,7,17-19,22-25H2,1-2H3. The molecule has 3 aliphatic carbocycles. The van der Waals surface area contributed by atoms with Gasteiger partial charge in [0.2, 0.25) is 6.71 Å². The maximum Gasteiger partial charge on any atom is 0.242 e. The van der Waals surface area contributed by atoms with Crippen molar-refractivity contribution in [3.63, 3.8) is 0 Å². The van der Waals surface area contributed by atoms with Gasteiger partial charge in [-0.1, -0.05) is 162 Å². The first kappa shape index (κ1) is 38.9. The van der Waals surface area contributed by atoms with Crippen molar-refractivity contribution in [2.24, 2.45) is 0 Å². The highest BCUT2D eigenvalue weighted by atomic mass is 15.1. The van der Waals surface area contributed by atoms with Crippen LogP contribution in [0.3, 0.4) is 0 Å². The molecular weight excluding hydrogens is 735 g/mol. The lowest BCUT2D eigenvalue weighted by atomic mass is 9.33. The Balaban J connectivity index is 1.19. The normalized spacial score (nSPS) is 15.1. The Labute approximate surface area is 364 Å². The lowest BCUT2D eigenvalue weighted by Crippen LogP contribution is -2.57. The van der Waals surface area contributed by atoms with Gasteiger partial charge in [-0.3, -0.25) is 0 Å². The van der Waals surface area contributed by atoms with Gasteiger partial charge in [-0.15, -0.1) is 0 Å². The fourth-order valence-corrected chi connectivity index (χ4v) is 10.2. The topological polar surface area (TPSA) is 6.48 Å². The summed E-state index contributed by atoms with van der Waals surface area (Å²) in [6, 6.07) is 63.6. The van der Waals surface area contributed by atoms with Gasteiger partial charge in [-0.2, -0.15) is 0 Å². The van der Waals surface area contributed by atoms with Crippen molar-refractivity contribution in [2.45, 2.75) is 77.0 Å². The van der Waals surface area contributed by atoms with Crippen LogP contribution in [0.2, 0.25) is 0 Å². The number of rotatable bonds is 12. The summed E-state index contributed by atoms with van der Waals surface area (Å²) < 4.78 is 0. The van der Waals surface area contributed by atoms with E-state index in [9.17, 15) is 0 Å². The molecule has 0 unspecified atom stereocenters. The second kappa shape index (κ2) is 17.3. The number of nitrogens with zero attached hydrogens (tertiary/aromatic N) is 2. The van der Waals surface area contributed by atoms with Crippen LogP contribution in [-0.2, 0) is 0 Å². The molecule has 7 aromatic carbocycles. The summed E-state index contributed by atoms with van der Waals surface area (Å²) in [7, 11) is 0. The molecule has 3 aliphatic rings. The minimum Gasteiger partial charge on any atom is -0.311 e. The highest BCUT2D eigenvalue weighted by Gasteiger charge is 2.36. The van der Waals surface area contributed by atoms with Crippen molar-refractivity contribution in [3.05, 3.63) is 216 Å². The maximum absolute atomic E-state index is 2.58. The number of para-hydroxylation sites is 3. The third-order valence-electron chi connectivity index (χ3n) is 13.6. The van der Waals surface area contributed by atoms with Crippen molar-refractivity contribution in [3.8, 4) is 11.1 Å². The fourth-order valence-electron chi connectivity index (χ4n) is 10.2. The molecule has 2 saturated carbocycles. The number of aryl methyl sites for hydroxylation is 2. The zero-order valence-electron chi connectivity index (χ0n) is 35.7. The molecule has 2 nitrogen and oxygen atoms in total. The van der Waals surface area contributed by atoms with E-state index in [1.54, 1.807) is 0 Å². The Bertz CT molecular complexity index is 2610. The SMILES string of the molecule is Cc1cc(-c2ccccc2)cc(C)c1B(c1ccc(N(C2=CCCC=C2)c2ccccc2)cc1C1CCC1)c1ccc(N(c2ccccc2)c2ccccc2)cc1C1CCC1. The Morgan fingerprint density at radius 2 is 0.902 bits per heavy atom. The van der Waals surface area contributed by atoms with E-state index >= 15 is 0 Å². The third kappa shape index (κ3) is 7.79. The second-order valence-electron chi connectivity index (χ2n) is 17.5. The van der Waals surface area contributed by atoms with E-state index in [2.05, 4.69) is 212 Å². The van der Waals surface area contributed by atoms with E-state index in [0.717, 1.165) is 12.8 Å². The highest BCUT2D eigenvalue weighted by molar-refractivity contribution is 6.96. The molecule has 300 valence electrons.